The third-order valence-electron chi connectivity index (χ3n) is 5.92. The molecule has 144 valence electrons. The maximum absolute atomic E-state index is 12.7. The maximum Gasteiger partial charge on any atom is 0.269 e. The zero-order valence-electron chi connectivity index (χ0n) is 15.2. The van der Waals surface area contributed by atoms with Crippen molar-refractivity contribution < 1.29 is 18.0 Å². The van der Waals surface area contributed by atoms with Crippen LogP contribution in [0.5, 0.6) is 0 Å². The topological polar surface area (TPSA) is 83.6 Å². The lowest BCUT2D eigenvalue weighted by molar-refractivity contribution is 0.0863. The number of amides is 2. The van der Waals surface area contributed by atoms with Crippen molar-refractivity contribution in [3.63, 3.8) is 0 Å². The molecule has 3 aliphatic rings. The molecule has 1 heterocycles. The van der Waals surface area contributed by atoms with Gasteiger partial charge in [-0.2, -0.15) is 0 Å². The van der Waals surface area contributed by atoms with Crippen LogP contribution in [0.25, 0.3) is 0 Å². The summed E-state index contributed by atoms with van der Waals surface area (Å²) in [5, 5.41) is 2.94. The van der Waals surface area contributed by atoms with E-state index >= 15 is 0 Å². The second kappa shape index (κ2) is 5.91. The first-order valence-corrected chi connectivity index (χ1v) is 10.9. The van der Waals surface area contributed by atoms with Gasteiger partial charge in [-0.1, -0.05) is 30.3 Å². The Hall–Kier alpha value is -2.67. The molecule has 0 radical (unpaired) electrons. The van der Waals surface area contributed by atoms with Crippen LogP contribution in [0.15, 0.2) is 53.4 Å². The number of fused-ring (bicyclic) bond motifs is 1. The van der Waals surface area contributed by atoms with Crippen molar-refractivity contribution in [1.29, 1.82) is 0 Å². The van der Waals surface area contributed by atoms with E-state index in [0.29, 0.717) is 19.4 Å². The summed E-state index contributed by atoms with van der Waals surface area (Å²) in [6, 6.07) is 14.2. The number of nitrogens with zero attached hydrogens (tertiary/aromatic N) is 1. The summed E-state index contributed by atoms with van der Waals surface area (Å²) in [4.78, 5) is 25.1. The van der Waals surface area contributed by atoms with E-state index in [4.69, 9.17) is 0 Å². The van der Waals surface area contributed by atoms with Gasteiger partial charge in [0.15, 0.2) is 0 Å². The number of carbonyl (C=O) groups excluding carboxylic acids is 2. The Morgan fingerprint density at radius 3 is 2.46 bits per heavy atom. The molecule has 1 aliphatic heterocycles. The summed E-state index contributed by atoms with van der Waals surface area (Å²) in [6.07, 6.45) is 3.43. The summed E-state index contributed by atoms with van der Waals surface area (Å²) in [5.41, 5.74) is 1.60. The molecular weight excluding hydrogens is 376 g/mol. The SMILES string of the molecule is O=C(NCC1(c2ccccc2)CC1)c1ccc2c(c1)S(=O)(=O)N(C1CC1)C2=O. The van der Waals surface area contributed by atoms with Gasteiger partial charge in [-0.3, -0.25) is 9.59 Å². The molecule has 0 atom stereocenters. The highest BCUT2D eigenvalue weighted by Gasteiger charge is 2.49. The average Bonchev–Trinajstić information content (AvgIpc) is 3.62. The highest BCUT2D eigenvalue weighted by Crippen LogP contribution is 2.47. The molecule has 0 saturated heterocycles. The molecule has 2 saturated carbocycles. The van der Waals surface area contributed by atoms with Crippen molar-refractivity contribution >= 4 is 21.8 Å². The molecule has 0 aromatic heterocycles. The van der Waals surface area contributed by atoms with Gasteiger partial charge < -0.3 is 5.32 Å². The number of sulfonamides is 1. The molecule has 0 unspecified atom stereocenters. The summed E-state index contributed by atoms with van der Waals surface area (Å²) in [5.74, 6) is -0.803. The second-order valence-corrected chi connectivity index (χ2v) is 9.66. The van der Waals surface area contributed by atoms with E-state index in [0.717, 1.165) is 17.1 Å². The highest BCUT2D eigenvalue weighted by molar-refractivity contribution is 7.90. The number of nitrogens with one attached hydrogen (secondary N) is 1. The fourth-order valence-corrected chi connectivity index (χ4v) is 5.76. The summed E-state index contributed by atoms with van der Waals surface area (Å²) >= 11 is 0. The molecule has 2 aliphatic carbocycles. The quantitative estimate of drug-likeness (QED) is 0.842. The van der Waals surface area contributed by atoms with E-state index in [1.165, 1.54) is 23.8 Å². The first-order valence-electron chi connectivity index (χ1n) is 9.49. The lowest BCUT2D eigenvalue weighted by Crippen LogP contribution is -2.32. The Labute approximate surface area is 163 Å². The molecule has 5 rings (SSSR count). The average molecular weight is 396 g/mol. The first-order chi connectivity index (χ1) is 13.4. The van der Waals surface area contributed by atoms with Crippen molar-refractivity contribution in [2.24, 2.45) is 0 Å². The molecule has 2 aromatic carbocycles. The maximum atomic E-state index is 12.7. The van der Waals surface area contributed by atoms with Crippen molar-refractivity contribution in [2.75, 3.05) is 6.54 Å². The summed E-state index contributed by atoms with van der Waals surface area (Å²) in [7, 11) is -3.86. The molecule has 7 heteroatoms. The molecule has 0 spiro atoms. The first kappa shape index (κ1) is 17.4. The van der Waals surface area contributed by atoms with E-state index < -0.39 is 15.9 Å². The molecule has 2 aromatic rings. The van der Waals surface area contributed by atoms with E-state index in [1.54, 1.807) is 0 Å². The molecule has 1 N–H and O–H groups in total. The minimum Gasteiger partial charge on any atom is -0.351 e. The van der Waals surface area contributed by atoms with Gasteiger partial charge in [0.25, 0.3) is 21.8 Å². The van der Waals surface area contributed by atoms with Gasteiger partial charge in [0.2, 0.25) is 0 Å². The Balaban J connectivity index is 1.36. The van der Waals surface area contributed by atoms with Crippen LogP contribution in [0.1, 0.15) is 52.0 Å². The standard InChI is InChI=1S/C21H20N2O4S/c24-19(22-13-21(10-11-21)15-4-2-1-3-5-15)14-6-9-17-18(12-14)28(26,27)23(20(17)25)16-7-8-16/h1-6,9,12,16H,7-8,10-11,13H2,(H,22,24). The lowest BCUT2D eigenvalue weighted by atomic mass is 9.96. The molecular formula is C21H20N2O4S. The summed E-state index contributed by atoms with van der Waals surface area (Å²) < 4.78 is 26.5. The Bertz CT molecular complexity index is 1090. The van der Waals surface area contributed by atoms with Crippen LogP contribution in [0.3, 0.4) is 0 Å². The van der Waals surface area contributed by atoms with Crippen molar-refractivity contribution in [1.82, 2.24) is 9.62 Å². The van der Waals surface area contributed by atoms with Crippen LogP contribution in [-0.2, 0) is 15.4 Å². The van der Waals surface area contributed by atoms with Gasteiger partial charge in [-0.25, -0.2) is 12.7 Å². The van der Waals surface area contributed by atoms with E-state index in [9.17, 15) is 18.0 Å². The smallest absolute Gasteiger partial charge is 0.269 e. The molecule has 28 heavy (non-hydrogen) atoms. The third kappa shape index (κ3) is 2.64. The Kier molecular flexibility index (Phi) is 3.68. The number of carbonyl (C=O) groups is 2. The van der Waals surface area contributed by atoms with Crippen LogP contribution in [0.2, 0.25) is 0 Å². The number of hydrogen-bond acceptors (Lipinski definition) is 4. The largest absolute Gasteiger partial charge is 0.351 e. The van der Waals surface area contributed by atoms with E-state index in [1.807, 2.05) is 18.2 Å². The molecule has 2 fully saturated rings. The normalized spacial score (nSPS) is 21.3. The molecule has 6 nitrogen and oxygen atoms in total. The fourth-order valence-electron chi connectivity index (χ4n) is 3.92. The van der Waals surface area contributed by atoms with Crippen molar-refractivity contribution in [3.8, 4) is 0 Å². The van der Waals surface area contributed by atoms with Gasteiger partial charge in [0.05, 0.1) is 5.56 Å². The van der Waals surface area contributed by atoms with Crippen LogP contribution >= 0.6 is 0 Å². The van der Waals surface area contributed by atoms with Crippen LogP contribution in [-0.4, -0.2) is 37.1 Å². The predicted octanol–water partition coefficient (Wildman–Crippen LogP) is 2.46. The Morgan fingerprint density at radius 1 is 1.11 bits per heavy atom. The number of benzene rings is 2. The minimum absolute atomic E-state index is 0.0293. The van der Waals surface area contributed by atoms with E-state index in [-0.39, 0.29) is 33.4 Å². The predicted molar refractivity (Wildman–Crippen MR) is 103 cm³/mol. The van der Waals surface area contributed by atoms with Gasteiger partial charge in [0.1, 0.15) is 4.90 Å². The second-order valence-electron chi connectivity index (χ2n) is 7.88. The highest BCUT2D eigenvalue weighted by atomic mass is 32.2. The third-order valence-corrected chi connectivity index (χ3v) is 7.79. The lowest BCUT2D eigenvalue weighted by Gasteiger charge is -2.16. The van der Waals surface area contributed by atoms with Crippen molar-refractivity contribution in [3.05, 3.63) is 65.2 Å². The Morgan fingerprint density at radius 2 is 1.82 bits per heavy atom. The molecule has 0 bridgehead atoms. The zero-order valence-corrected chi connectivity index (χ0v) is 16.0. The summed E-state index contributed by atoms with van der Waals surface area (Å²) in [6.45, 7) is 0.507. The minimum atomic E-state index is -3.86. The van der Waals surface area contributed by atoms with Crippen molar-refractivity contribution in [2.45, 2.75) is 42.0 Å². The van der Waals surface area contributed by atoms with Gasteiger partial charge in [-0.15, -0.1) is 0 Å². The van der Waals surface area contributed by atoms with Crippen LogP contribution in [0.4, 0.5) is 0 Å². The van der Waals surface area contributed by atoms with Gasteiger partial charge in [-0.05, 0) is 49.4 Å². The van der Waals surface area contributed by atoms with Gasteiger partial charge in [0, 0.05) is 23.6 Å². The molecule has 2 amide bonds. The van der Waals surface area contributed by atoms with Gasteiger partial charge >= 0.3 is 0 Å². The van der Waals surface area contributed by atoms with Crippen LogP contribution in [0, 0.1) is 0 Å². The number of rotatable bonds is 5. The fraction of sp³-hybridized carbons (Fsp3) is 0.333. The van der Waals surface area contributed by atoms with E-state index in [2.05, 4.69) is 17.4 Å². The zero-order chi connectivity index (χ0) is 19.5. The number of hydrogen-bond donors (Lipinski definition) is 1. The van der Waals surface area contributed by atoms with Crippen LogP contribution < -0.4 is 5.32 Å². The monoisotopic (exact) mass is 396 g/mol.